The smallest absolute Gasteiger partial charge is 0.226 e. The van der Waals surface area contributed by atoms with Crippen molar-refractivity contribution in [1.82, 2.24) is 24.6 Å². The largest absolute Gasteiger partial charge is 0.435 e. The van der Waals surface area contributed by atoms with E-state index >= 15 is 4.39 Å². The number of aromatic amines is 1. The van der Waals surface area contributed by atoms with E-state index in [1.807, 2.05) is 6.92 Å². The molecule has 5 atom stereocenters. The molecule has 0 radical (unpaired) electrons. The average Bonchev–Trinajstić information content (AvgIpc) is 3.24. The van der Waals surface area contributed by atoms with Gasteiger partial charge in [-0.15, -0.1) is 0 Å². The lowest BCUT2D eigenvalue weighted by Crippen LogP contribution is -2.50. The highest BCUT2D eigenvalue weighted by molar-refractivity contribution is 6.17. The fraction of sp³-hybridized carbons (Fsp3) is 0.346. The molecule has 1 aliphatic heterocycles. The number of halogens is 2. The minimum absolute atomic E-state index is 0.199. The topological polar surface area (TPSA) is 109 Å². The molecule has 4 N–H and O–H groups in total. The number of H-pyrrole nitrogens is 1. The molecule has 0 spiro atoms. The van der Waals surface area contributed by atoms with Crippen LogP contribution in [0, 0.1) is 29.4 Å². The summed E-state index contributed by atoms with van der Waals surface area (Å²) in [5.74, 6) is 1.05. The molecule has 1 saturated heterocycles. The normalized spacial score (nSPS) is 25.6. The lowest BCUT2D eigenvalue weighted by atomic mass is 9.80. The molecular weight excluding hydrogens is 478 g/mol. The summed E-state index contributed by atoms with van der Waals surface area (Å²) in [6.45, 7) is 2.73. The van der Waals surface area contributed by atoms with Crippen molar-refractivity contribution in [3.8, 4) is 11.6 Å². The second-order valence-electron chi connectivity index (χ2n) is 10.2. The van der Waals surface area contributed by atoms with Crippen molar-refractivity contribution in [3.63, 3.8) is 0 Å². The molecule has 1 aromatic carbocycles. The summed E-state index contributed by atoms with van der Waals surface area (Å²) >= 11 is 0. The first-order valence-electron chi connectivity index (χ1n) is 12.5. The van der Waals surface area contributed by atoms with Crippen LogP contribution in [0.1, 0.15) is 12.5 Å². The second-order valence-corrected chi connectivity index (χ2v) is 10.2. The maximum atomic E-state index is 15.5. The van der Waals surface area contributed by atoms with E-state index in [1.54, 1.807) is 36.2 Å². The second kappa shape index (κ2) is 7.06. The van der Waals surface area contributed by atoms with Gasteiger partial charge in [0.2, 0.25) is 5.88 Å². The minimum atomic E-state index is -0.906. The summed E-state index contributed by atoms with van der Waals surface area (Å²) in [5, 5.41) is 8.01. The number of nitrogens with one attached hydrogen (secondary N) is 2. The highest BCUT2D eigenvalue weighted by Gasteiger charge is 2.75. The van der Waals surface area contributed by atoms with Crippen LogP contribution in [0.3, 0.4) is 0 Å². The predicted octanol–water partition coefficient (Wildman–Crippen LogP) is 3.83. The number of benzene rings is 1. The Morgan fingerprint density at radius 2 is 2.11 bits per heavy atom. The number of fused-ring (bicyclic) bond motifs is 5. The van der Waals surface area contributed by atoms with E-state index in [4.69, 9.17) is 15.5 Å². The number of aryl methyl sites for hydroxylation is 1. The van der Waals surface area contributed by atoms with Crippen LogP contribution >= 0.6 is 0 Å². The molecular formula is C26H24F2N8O. The zero-order chi connectivity index (χ0) is 25.2. The van der Waals surface area contributed by atoms with Crippen LogP contribution < -0.4 is 20.7 Å². The average molecular weight is 503 g/mol. The van der Waals surface area contributed by atoms with Gasteiger partial charge in [-0.1, -0.05) is 6.92 Å². The molecule has 2 aliphatic carbocycles. The van der Waals surface area contributed by atoms with Crippen molar-refractivity contribution in [2.45, 2.75) is 25.4 Å². The minimum Gasteiger partial charge on any atom is -0.435 e. The zero-order valence-corrected chi connectivity index (χ0v) is 20.2. The third-order valence-corrected chi connectivity index (χ3v) is 8.59. The van der Waals surface area contributed by atoms with Crippen LogP contribution in [-0.4, -0.2) is 50.2 Å². The Morgan fingerprint density at radius 1 is 1.24 bits per heavy atom. The Kier molecular flexibility index (Phi) is 4.03. The number of pyridine rings is 1. The Labute approximate surface area is 209 Å². The molecule has 0 bridgehead atoms. The lowest BCUT2D eigenvalue weighted by Gasteiger charge is -2.37. The van der Waals surface area contributed by atoms with Crippen LogP contribution in [0.25, 0.3) is 27.5 Å². The molecule has 4 aromatic heterocycles. The van der Waals surface area contributed by atoms with Gasteiger partial charge in [0, 0.05) is 49.3 Å². The number of nitrogens with zero attached hydrogens (tertiary/aromatic N) is 5. The molecule has 5 unspecified atom stereocenters. The number of piperidine rings is 2. The van der Waals surface area contributed by atoms with Crippen LogP contribution in [0.2, 0.25) is 0 Å². The van der Waals surface area contributed by atoms with Crippen molar-refractivity contribution < 1.29 is 13.5 Å². The number of rotatable bonds is 5. The maximum Gasteiger partial charge on any atom is 0.226 e. The molecule has 3 fully saturated rings. The van der Waals surface area contributed by atoms with Gasteiger partial charge in [-0.2, -0.15) is 10.1 Å². The van der Waals surface area contributed by atoms with E-state index in [0.29, 0.717) is 69.4 Å². The highest BCUT2D eigenvalue weighted by Crippen LogP contribution is 2.67. The highest BCUT2D eigenvalue weighted by atomic mass is 19.2. The SMILES string of the molecule is CCc1c(Oc2cnc3ccnn3c2)nc(N2CC3C(N)C4C3C42)c2c1[nH]c1c(NC)cc(F)c(F)c12. The molecule has 2 saturated carbocycles. The molecule has 0 amide bonds. The van der Waals surface area contributed by atoms with Crippen molar-refractivity contribution >= 4 is 39.0 Å². The first kappa shape index (κ1) is 21.1. The first-order chi connectivity index (χ1) is 18.0. The Balaban J connectivity index is 1.39. The fourth-order valence-electron chi connectivity index (χ4n) is 6.85. The van der Waals surface area contributed by atoms with Crippen LogP contribution in [0.15, 0.2) is 30.7 Å². The summed E-state index contributed by atoms with van der Waals surface area (Å²) in [4.78, 5) is 15.0. The predicted molar refractivity (Wildman–Crippen MR) is 135 cm³/mol. The van der Waals surface area contributed by atoms with Gasteiger partial charge in [0.25, 0.3) is 0 Å². The third kappa shape index (κ3) is 2.61. The number of nitrogens with two attached hydrogens (primary N) is 1. The molecule has 37 heavy (non-hydrogen) atoms. The first-order valence-corrected chi connectivity index (χ1v) is 12.5. The van der Waals surface area contributed by atoms with Crippen LogP contribution in [0.5, 0.6) is 11.6 Å². The van der Waals surface area contributed by atoms with Gasteiger partial charge in [0.1, 0.15) is 5.82 Å². The van der Waals surface area contributed by atoms with Gasteiger partial charge in [0.05, 0.1) is 46.1 Å². The standard InChI is InChI=1S/C26H24F2N8O/c1-3-11-22-19(17-20(28)13(27)6-14(30-2)23(17)33-22)25(35-9-12-16-18(21(12)29)24(16)35)34-26(11)37-10-7-31-15-4-5-32-36(15)8-10/h4-8,12,16,18,21,24,30,33H,3,9,29H2,1-2H3. The van der Waals surface area contributed by atoms with Gasteiger partial charge in [-0.25, -0.2) is 18.3 Å². The van der Waals surface area contributed by atoms with Gasteiger partial charge in [0.15, 0.2) is 23.0 Å². The molecule has 188 valence electrons. The van der Waals surface area contributed by atoms with E-state index < -0.39 is 11.6 Å². The summed E-state index contributed by atoms with van der Waals surface area (Å²) in [7, 11) is 1.69. The number of aromatic nitrogens is 5. The van der Waals surface area contributed by atoms with Gasteiger partial charge >= 0.3 is 0 Å². The van der Waals surface area contributed by atoms with E-state index in [9.17, 15) is 4.39 Å². The van der Waals surface area contributed by atoms with Crippen molar-refractivity contribution in [3.05, 3.63) is 47.9 Å². The maximum absolute atomic E-state index is 15.5. The molecule has 5 heterocycles. The quantitative estimate of drug-likeness (QED) is 0.335. The molecule has 11 heteroatoms. The molecule has 9 nitrogen and oxygen atoms in total. The number of ether oxygens (including phenoxy) is 1. The van der Waals surface area contributed by atoms with E-state index in [1.165, 1.54) is 6.07 Å². The Bertz CT molecular complexity index is 1760. The summed E-state index contributed by atoms with van der Waals surface area (Å²) in [6, 6.07) is 3.45. The van der Waals surface area contributed by atoms with E-state index in [0.717, 1.165) is 12.1 Å². The number of hydrogen-bond donors (Lipinski definition) is 3. The van der Waals surface area contributed by atoms with Crippen LogP contribution in [0.4, 0.5) is 20.3 Å². The van der Waals surface area contributed by atoms with Crippen molar-refractivity contribution in [2.75, 3.05) is 23.8 Å². The lowest BCUT2D eigenvalue weighted by molar-refractivity contribution is 0.238. The van der Waals surface area contributed by atoms with Crippen LogP contribution in [-0.2, 0) is 6.42 Å². The van der Waals surface area contributed by atoms with Crippen molar-refractivity contribution in [1.29, 1.82) is 0 Å². The number of anilines is 2. The number of hydrogen-bond acceptors (Lipinski definition) is 7. The monoisotopic (exact) mass is 502 g/mol. The van der Waals surface area contributed by atoms with Gasteiger partial charge in [-0.3, -0.25) is 0 Å². The van der Waals surface area contributed by atoms with Gasteiger partial charge < -0.3 is 25.7 Å². The van der Waals surface area contributed by atoms with Crippen molar-refractivity contribution in [2.24, 2.45) is 23.5 Å². The summed E-state index contributed by atoms with van der Waals surface area (Å²) in [6.07, 6.45) is 5.60. The fourth-order valence-corrected chi connectivity index (χ4v) is 6.85. The Morgan fingerprint density at radius 3 is 2.84 bits per heavy atom. The molecule has 5 aromatic rings. The Hall–Kier alpha value is -3.99. The third-order valence-electron chi connectivity index (χ3n) is 8.59. The van der Waals surface area contributed by atoms with Gasteiger partial charge in [-0.05, 0) is 18.3 Å². The summed E-state index contributed by atoms with van der Waals surface area (Å²) < 4.78 is 38.2. The summed E-state index contributed by atoms with van der Waals surface area (Å²) in [5.41, 5.74) is 9.49. The van der Waals surface area contributed by atoms with E-state index in [-0.39, 0.29) is 17.5 Å². The molecule has 3 aliphatic rings. The molecule has 8 rings (SSSR count). The zero-order valence-electron chi connectivity index (χ0n) is 20.2. The van der Waals surface area contributed by atoms with E-state index in [2.05, 4.69) is 25.3 Å².